The standard InChI is InChI=1S/C14H27N3O5/c1-9(2)10(17-13(20)22-14(3,4)5)11(18)15-7-8-16-12(19)21-6/h9-10H,7-8H2,1-6H3,(H,15,18)(H,16,19)(H,17,20)/t10-/m0/s1. The number of ether oxygens (including phenoxy) is 2. The Morgan fingerprint density at radius 2 is 1.55 bits per heavy atom. The van der Waals surface area contributed by atoms with Gasteiger partial charge in [0.2, 0.25) is 5.91 Å². The fourth-order valence-corrected chi connectivity index (χ4v) is 1.50. The molecule has 0 aromatic rings. The molecule has 22 heavy (non-hydrogen) atoms. The van der Waals surface area contributed by atoms with Gasteiger partial charge >= 0.3 is 12.2 Å². The lowest BCUT2D eigenvalue weighted by atomic mass is 10.0. The van der Waals surface area contributed by atoms with Crippen molar-refractivity contribution in [1.29, 1.82) is 0 Å². The van der Waals surface area contributed by atoms with E-state index in [4.69, 9.17) is 4.74 Å². The Morgan fingerprint density at radius 1 is 1.00 bits per heavy atom. The minimum atomic E-state index is -0.715. The molecule has 3 N–H and O–H groups in total. The van der Waals surface area contributed by atoms with Crippen molar-refractivity contribution in [1.82, 2.24) is 16.0 Å². The van der Waals surface area contributed by atoms with E-state index in [1.807, 2.05) is 13.8 Å². The van der Waals surface area contributed by atoms with Gasteiger partial charge in [0.05, 0.1) is 7.11 Å². The maximum absolute atomic E-state index is 12.1. The number of amides is 3. The first-order valence-corrected chi connectivity index (χ1v) is 7.16. The molecule has 0 unspecified atom stereocenters. The molecule has 0 saturated heterocycles. The molecule has 0 spiro atoms. The van der Waals surface area contributed by atoms with Crippen molar-refractivity contribution in [3.63, 3.8) is 0 Å². The van der Waals surface area contributed by atoms with Crippen LogP contribution in [-0.4, -0.2) is 49.9 Å². The largest absolute Gasteiger partial charge is 0.453 e. The zero-order valence-electron chi connectivity index (χ0n) is 14.1. The SMILES string of the molecule is COC(=O)NCCNC(=O)[C@@H](NC(=O)OC(C)(C)C)C(C)C. The number of hydrogen-bond donors (Lipinski definition) is 3. The van der Waals surface area contributed by atoms with Gasteiger partial charge in [-0.05, 0) is 26.7 Å². The van der Waals surface area contributed by atoms with Gasteiger partial charge in [0, 0.05) is 13.1 Å². The van der Waals surface area contributed by atoms with E-state index in [1.165, 1.54) is 7.11 Å². The molecule has 0 aliphatic rings. The number of methoxy groups -OCH3 is 1. The predicted octanol–water partition coefficient (Wildman–Crippen LogP) is 1.01. The number of hydrogen-bond acceptors (Lipinski definition) is 5. The maximum atomic E-state index is 12.1. The zero-order valence-corrected chi connectivity index (χ0v) is 14.1. The van der Waals surface area contributed by atoms with E-state index in [1.54, 1.807) is 20.8 Å². The first-order valence-electron chi connectivity index (χ1n) is 7.16. The summed E-state index contributed by atoms with van der Waals surface area (Å²) in [4.78, 5) is 34.7. The lowest BCUT2D eigenvalue weighted by molar-refractivity contribution is -0.124. The second-order valence-corrected chi connectivity index (χ2v) is 6.08. The van der Waals surface area contributed by atoms with Crippen LogP contribution in [0.2, 0.25) is 0 Å². The van der Waals surface area contributed by atoms with Gasteiger partial charge in [0.15, 0.2) is 0 Å². The van der Waals surface area contributed by atoms with Gasteiger partial charge in [-0.1, -0.05) is 13.8 Å². The van der Waals surface area contributed by atoms with Gasteiger partial charge in [0.1, 0.15) is 11.6 Å². The molecule has 0 aromatic carbocycles. The van der Waals surface area contributed by atoms with Crippen LogP contribution >= 0.6 is 0 Å². The van der Waals surface area contributed by atoms with Gasteiger partial charge < -0.3 is 25.4 Å². The Hall–Kier alpha value is -1.99. The molecule has 0 saturated carbocycles. The van der Waals surface area contributed by atoms with E-state index >= 15 is 0 Å². The van der Waals surface area contributed by atoms with Crippen LogP contribution < -0.4 is 16.0 Å². The van der Waals surface area contributed by atoms with Crippen LogP contribution in [-0.2, 0) is 14.3 Å². The average Bonchev–Trinajstić information content (AvgIpc) is 2.37. The summed E-state index contributed by atoms with van der Waals surface area (Å²) in [6.07, 6.45) is -1.21. The first kappa shape index (κ1) is 20.0. The van der Waals surface area contributed by atoms with Crippen LogP contribution in [0.5, 0.6) is 0 Å². The van der Waals surface area contributed by atoms with E-state index in [2.05, 4.69) is 20.7 Å². The summed E-state index contributed by atoms with van der Waals surface area (Å²) in [5.41, 5.74) is -0.632. The van der Waals surface area contributed by atoms with Crippen molar-refractivity contribution in [3.05, 3.63) is 0 Å². The van der Waals surface area contributed by atoms with Crippen LogP contribution in [0, 0.1) is 5.92 Å². The van der Waals surface area contributed by atoms with Gasteiger partial charge in [-0.25, -0.2) is 9.59 Å². The van der Waals surface area contributed by atoms with Crippen LogP contribution in [0.1, 0.15) is 34.6 Å². The fourth-order valence-electron chi connectivity index (χ4n) is 1.50. The smallest absolute Gasteiger partial charge is 0.408 e. The highest BCUT2D eigenvalue weighted by molar-refractivity contribution is 5.85. The highest BCUT2D eigenvalue weighted by Gasteiger charge is 2.26. The van der Waals surface area contributed by atoms with E-state index in [0.29, 0.717) is 0 Å². The summed E-state index contributed by atoms with van der Waals surface area (Å²) in [6, 6.07) is -0.715. The van der Waals surface area contributed by atoms with Gasteiger partial charge in [-0.3, -0.25) is 4.79 Å². The van der Waals surface area contributed by atoms with Crippen LogP contribution in [0.25, 0.3) is 0 Å². The summed E-state index contributed by atoms with van der Waals surface area (Å²) >= 11 is 0. The minimum Gasteiger partial charge on any atom is -0.453 e. The highest BCUT2D eigenvalue weighted by atomic mass is 16.6. The molecule has 0 radical (unpaired) electrons. The average molecular weight is 317 g/mol. The van der Waals surface area contributed by atoms with E-state index < -0.39 is 23.8 Å². The zero-order chi connectivity index (χ0) is 17.3. The third-order valence-electron chi connectivity index (χ3n) is 2.50. The molecule has 0 aromatic heterocycles. The van der Waals surface area contributed by atoms with Crippen molar-refractivity contribution < 1.29 is 23.9 Å². The van der Waals surface area contributed by atoms with E-state index in [-0.39, 0.29) is 24.9 Å². The first-order chi connectivity index (χ1) is 10.1. The van der Waals surface area contributed by atoms with Crippen LogP contribution in [0.4, 0.5) is 9.59 Å². The third kappa shape index (κ3) is 9.04. The predicted molar refractivity (Wildman–Crippen MR) is 81.4 cm³/mol. The summed E-state index contributed by atoms with van der Waals surface area (Å²) < 4.78 is 9.54. The molecule has 0 aliphatic carbocycles. The molecule has 0 bridgehead atoms. The minimum absolute atomic E-state index is 0.110. The Bertz CT molecular complexity index is 390. The number of rotatable bonds is 6. The number of carbonyl (C=O) groups excluding carboxylic acids is 3. The topological polar surface area (TPSA) is 106 Å². The molecule has 0 aliphatic heterocycles. The summed E-state index contributed by atoms with van der Waals surface area (Å²) in [5.74, 6) is -0.450. The molecule has 0 fully saturated rings. The lowest BCUT2D eigenvalue weighted by Gasteiger charge is -2.25. The second-order valence-electron chi connectivity index (χ2n) is 6.08. The highest BCUT2D eigenvalue weighted by Crippen LogP contribution is 2.08. The molecule has 0 rings (SSSR count). The monoisotopic (exact) mass is 317 g/mol. The Balaban J connectivity index is 4.34. The third-order valence-corrected chi connectivity index (χ3v) is 2.50. The molecule has 1 atom stereocenters. The summed E-state index contributed by atoms with van der Waals surface area (Å²) in [6.45, 7) is 9.33. The number of nitrogens with one attached hydrogen (secondary N) is 3. The molecule has 3 amide bonds. The van der Waals surface area contributed by atoms with Crippen molar-refractivity contribution in [2.24, 2.45) is 5.92 Å². The summed E-state index contributed by atoms with van der Waals surface area (Å²) in [7, 11) is 1.26. The second kappa shape index (κ2) is 9.11. The van der Waals surface area contributed by atoms with Crippen LogP contribution in [0.15, 0.2) is 0 Å². The molecule has 8 heteroatoms. The quantitative estimate of drug-likeness (QED) is 0.634. The lowest BCUT2D eigenvalue weighted by Crippen LogP contribution is -2.51. The molecular weight excluding hydrogens is 290 g/mol. The van der Waals surface area contributed by atoms with E-state index in [0.717, 1.165) is 0 Å². The maximum Gasteiger partial charge on any atom is 0.408 e. The number of carbonyl (C=O) groups is 3. The molecule has 128 valence electrons. The Kier molecular flexibility index (Phi) is 8.29. The fraction of sp³-hybridized carbons (Fsp3) is 0.786. The van der Waals surface area contributed by atoms with Gasteiger partial charge in [-0.2, -0.15) is 0 Å². The molecule has 8 nitrogen and oxygen atoms in total. The Morgan fingerprint density at radius 3 is 2.00 bits per heavy atom. The molecule has 0 heterocycles. The van der Waals surface area contributed by atoms with Crippen molar-refractivity contribution in [2.45, 2.75) is 46.3 Å². The molecular formula is C14H27N3O5. The van der Waals surface area contributed by atoms with Crippen LogP contribution in [0.3, 0.4) is 0 Å². The van der Waals surface area contributed by atoms with Crippen molar-refractivity contribution in [2.75, 3.05) is 20.2 Å². The van der Waals surface area contributed by atoms with Gasteiger partial charge in [-0.15, -0.1) is 0 Å². The van der Waals surface area contributed by atoms with Crippen molar-refractivity contribution >= 4 is 18.1 Å². The van der Waals surface area contributed by atoms with Crippen molar-refractivity contribution in [3.8, 4) is 0 Å². The van der Waals surface area contributed by atoms with E-state index in [9.17, 15) is 14.4 Å². The number of alkyl carbamates (subject to hydrolysis) is 2. The normalized spacial score (nSPS) is 12.3. The Labute approximate surface area is 131 Å². The summed E-state index contributed by atoms with van der Waals surface area (Å²) in [5, 5.41) is 7.62. The van der Waals surface area contributed by atoms with Gasteiger partial charge in [0.25, 0.3) is 0 Å².